The second kappa shape index (κ2) is 9.68. The Hall–Kier alpha value is -1.18. The smallest absolute Gasteiger partial charge is 0.0399 e. The molecule has 0 fully saturated rings. The molecule has 1 aromatic carbocycles. The predicted molar refractivity (Wildman–Crippen MR) is 91.0 cm³/mol. The molecule has 0 bridgehead atoms. The first kappa shape index (κ1) is 16.9. The zero-order valence-corrected chi connectivity index (χ0v) is 13.4. The Morgan fingerprint density at radius 1 is 0.750 bits per heavy atom. The molecular weight excluding hydrogens is 244 g/mol. The maximum absolute atomic E-state index is 6.33. The van der Waals surface area contributed by atoms with Crippen LogP contribution in [0.5, 0.6) is 0 Å². The van der Waals surface area contributed by atoms with E-state index in [1.807, 2.05) is 6.07 Å². The van der Waals surface area contributed by atoms with E-state index in [0.29, 0.717) is 0 Å². The third-order valence-corrected chi connectivity index (χ3v) is 4.06. The van der Waals surface area contributed by atoms with Crippen molar-refractivity contribution in [3.8, 4) is 0 Å². The molecular formula is C18H32N2. The second-order valence-corrected chi connectivity index (χ2v) is 5.83. The maximum Gasteiger partial charge on any atom is 0.0399 e. The minimum absolute atomic E-state index is 0.872. The number of nitrogens with two attached hydrogens (primary N) is 2. The van der Waals surface area contributed by atoms with E-state index in [4.69, 9.17) is 11.5 Å². The molecule has 0 aliphatic carbocycles. The Morgan fingerprint density at radius 3 is 1.95 bits per heavy atom. The third kappa shape index (κ3) is 5.44. The fourth-order valence-corrected chi connectivity index (χ4v) is 2.70. The van der Waals surface area contributed by atoms with Gasteiger partial charge in [0.05, 0.1) is 0 Å². The molecule has 0 aliphatic heterocycles. The molecule has 0 aromatic heterocycles. The highest BCUT2D eigenvalue weighted by molar-refractivity contribution is 5.65. The van der Waals surface area contributed by atoms with E-state index >= 15 is 0 Å². The Morgan fingerprint density at radius 2 is 1.35 bits per heavy atom. The summed E-state index contributed by atoms with van der Waals surface area (Å²) in [6.07, 6.45) is 12.3. The monoisotopic (exact) mass is 276 g/mol. The normalized spacial score (nSPS) is 10.9. The number of rotatable bonds is 10. The van der Waals surface area contributed by atoms with Crippen LogP contribution in [0.1, 0.15) is 76.3 Å². The molecule has 1 rings (SSSR count). The average molecular weight is 276 g/mol. The first-order chi connectivity index (χ1) is 9.70. The number of nitrogen functional groups attached to an aromatic ring is 2. The summed E-state index contributed by atoms with van der Waals surface area (Å²) in [6, 6.07) is 4.16. The van der Waals surface area contributed by atoms with Gasteiger partial charge in [0.25, 0.3) is 0 Å². The predicted octanol–water partition coefficient (Wildman–Crippen LogP) is 5.10. The van der Waals surface area contributed by atoms with Crippen molar-refractivity contribution in [2.75, 3.05) is 11.5 Å². The molecule has 2 heteroatoms. The van der Waals surface area contributed by atoms with Crippen LogP contribution in [-0.2, 0) is 12.8 Å². The van der Waals surface area contributed by atoms with Crippen LogP contribution in [0.4, 0.5) is 11.4 Å². The van der Waals surface area contributed by atoms with Gasteiger partial charge in [0.2, 0.25) is 0 Å². The van der Waals surface area contributed by atoms with Crippen LogP contribution in [0, 0.1) is 0 Å². The van der Waals surface area contributed by atoms with Crippen LogP contribution in [-0.4, -0.2) is 0 Å². The molecule has 0 heterocycles. The lowest BCUT2D eigenvalue weighted by molar-refractivity contribution is 0.662. The lowest BCUT2D eigenvalue weighted by Crippen LogP contribution is -2.04. The van der Waals surface area contributed by atoms with Gasteiger partial charge < -0.3 is 11.5 Å². The van der Waals surface area contributed by atoms with Gasteiger partial charge in [-0.2, -0.15) is 0 Å². The number of anilines is 2. The van der Waals surface area contributed by atoms with Gasteiger partial charge in [-0.15, -0.1) is 0 Å². The average Bonchev–Trinajstić information content (AvgIpc) is 2.44. The highest BCUT2D eigenvalue weighted by Crippen LogP contribution is 2.27. The minimum atomic E-state index is 0.872. The summed E-state index contributed by atoms with van der Waals surface area (Å²) in [4.78, 5) is 0. The van der Waals surface area contributed by atoms with Gasteiger partial charge in [-0.05, 0) is 42.9 Å². The summed E-state index contributed by atoms with van der Waals surface area (Å²) >= 11 is 0. The van der Waals surface area contributed by atoms with Crippen molar-refractivity contribution in [3.63, 3.8) is 0 Å². The molecule has 0 saturated carbocycles. The first-order valence-electron chi connectivity index (χ1n) is 8.36. The molecule has 0 atom stereocenters. The number of hydrogen-bond acceptors (Lipinski definition) is 2. The van der Waals surface area contributed by atoms with Gasteiger partial charge in [0.1, 0.15) is 0 Å². The molecule has 0 radical (unpaired) electrons. The number of hydrogen-bond donors (Lipinski definition) is 2. The van der Waals surface area contributed by atoms with Crippen molar-refractivity contribution in [2.24, 2.45) is 0 Å². The van der Waals surface area contributed by atoms with E-state index in [1.165, 1.54) is 62.5 Å². The zero-order valence-electron chi connectivity index (χ0n) is 13.4. The van der Waals surface area contributed by atoms with Crippen molar-refractivity contribution in [3.05, 3.63) is 23.3 Å². The molecule has 1 aromatic rings. The molecule has 4 N–H and O–H groups in total. The SMILES string of the molecule is CCCCCCc1ccc(N)c(CCCCCC)c1N. The van der Waals surface area contributed by atoms with E-state index in [-0.39, 0.29) is 0 Å². The van der Waals surface area contributed by atoms with Crippen molar-refractivity contribution in [2.45, 2.75) is 78.1 Å². The van der Waals surface area contributed by atoms with Crippen molar-refractivity contribution >= 4 is 11.4 Å². The van der Waals surface area contributed by atoms with Crippen LogP contribution >= 0.6 is 0 Å². The van der Waals surface area contributed by atoms with Gasteiger partial charge in [-0.25, -0.2) is 0 Å². The molecule has 0 amide bonds. The quantitative estimate of drug-likeness (QED) is 0.461. The van der Waals surface area contributed by atoms with Gasteiger partial charge in [-0.1, -0.05) is 58.4 Å². The van der Waals surface area contributed by atoms with Crippen molar-refractivity contribution in [1.29, 1.82) is 0 Å². The first-order valence-corrected chi connectivity index (χ1v) is 8.36. The molecule has 2 nitrogen and oxygen atoms in total. The Kier molecular flexibility index (Phi) is 8.17. The molecule has 0 spiro atoms. The lowest BCUT2D eigenvalue weighted by atomic mass is 9.96. The van der Waals surface area contributed by atoms with Gasteiger partial charge in [0, 0.05) is 11.4 Å². The van der Waals surface area contributed by atoms with Gasteiger partial charge in [0.15, 0.2) is 0 Å². The van der Waals surface area contributed by atoms with E-state index in [9.17, 15) is 0 Å². The topological polar surface area (TPSA) is 52.0 Å². The van der Waals surface area contributed by atoms with E-state index < -0.39 is 0 Å². The summed E-state index contributed by atoms with van der Waals surface area (Å²) in [5.74, 6) is 0. The van der Waals surface area contributed by atoms with E-state index in [2.05, 4.69) is 19.9 Å². The highest BCUT2D eigenvalue weighted by Gasteiger charge is 2.08. The summed E-state index contributed by atoms with van der Waals surface area (Å²) < 4.78 is 0. The van der Waals surface area contributed by atoms with Crippen LogP contribution in [0.25, 0.3) is 0 Å². The Bertz CT molecular complexity index is 385. The third-order valence-electron chi connectivity index (χ3n) is 4.06. The van der Waals surface area contributed by atoms with Crippen molar-refractivity contribution < 1.29 is 0 Å². The fraction of sp³-hybridized carbons (Fsp3) is 0.667. The fourth-order valence-electron chi connectivity index (χ4n) is 2.70. The second-order valence-electron chi connectivity index (χ2n) is 5.83. The molecule has 114 valence electrons. The standard InChI is InChI=1S/C18H32N2/c1-3-5-7-9-11-15-13-14-17(19)16(18(15)20)12-10-8-6-4-2/h13-14H,3-12,19-20H2,1-2H3. The highest BCUT2D eigenvalue weighted by atomic mass is 14.6. The van der Waals surface area contributed by atoms with Crippen LogP contribution in [0.2, 0.25) is 0 Å². The van der Waals surface area contributed by atoms with Gasteiger partial charge >= 0.3 is 0 Å². The van der Waals surface area contributed by atoms with E-state index in [1.54, 1.807) is 0 Å². The molecule has 20 heavy (non-hydrogen) atoms. The Balaban J connectivity index is 2.59. The summed E-state index contributed by atoms with van der Waals surface area (Å²) in [5.41, 5.74) is 16.7. The minimum Gasteiger partial charge on any atom is -0.398 e. The zero-order chi connectivity index (χ0) is 14.8. The molecule has 0 aliphatic rings. The summed E-state index contributed by atoms with van der Waals surface area (Å²) in [7, 11) is 0. The largest absolute Gasteiger partial charge is 0.398 e. The molecule has 0 unspecified atom stereocenters. The lowest BCUT2D eigenvalue weighted by Gasteiger charge is -2.14. The van der Waals surface area contributed by atoms with Crippen LogP contribution in [0.3, 0.4) is 0 Å². The number of unbranched alkanes of at least 4 members (excludes halogenated alkanes) is 6. The number of benzene rings is 1. The van der Waals surface area contributed by atoms with E-state index in [0.717, 1.165) is 24.2 Å². The summed E-state index contributed by atoms with van der Waals surface area (Å²) in [6.45, 7) is 4.48. The Labute approximate surface area is 124 Å². The van der Waals surface area contributed by atoms with Crippen LogP contribution in [0.15, 0.2) is 12.1 Å². The van der Waals surface area contributed by atoms with Crippen LogP contribution < -0.4 is 11.5 Å². The van der Waals surface area contributed by atoms with Gasteiger partial charge in [-0.3, -0.25) is 0 Å². The summed E-state index contributed by atoms with van der Waals surface area (Å²) in [5, 5.41) is 0. The molecule has 0 saturated heterocycles. The maximum atomic E-state index is 6.33. The van der Waals surface area contributed by atoms with Crippen molar-refractivity contribution in [1.82, 2.24) is 0 Å². The number of aryl methyl sites for hydroxylation is 1.